The SMILES string of the molecule is CN(CCOCC1CC1)c1ccc(CCN)c(Cl)c1. The van der Waals surface area contributed by atoms with Crippen LogP contribution in [0.25, 0.3) is 0 Å². The lowest BCUT2D eigenvalue weighted by Crippen LogP contribution is -2.23. The summed E-state index contributed by atoms with van der Waals surface area (Å²) < 4.78 is 5.65. The van der Waals surface area contributed by atoms with Crippen molar-refractivity contribution in [1.29, 1.82) is 0 Å². The molecule has 19 heavy (non-hydrogen) atoms. The van der Waals surface area contributed by atoms with Gasteiger partial charge in [-0.25, -0.2) is 0 Å². The summed E-state index contributed by atoms with van der Waals surface area (Å²) in [4.78, 5) is 2.17. The van der Waals surface area contributed by atoms with Gasteiger partial charge >= 0.3 is 0 Å². The molecule has 0 unspecified atom stereocenters. The van der Waals surface area contributed by atoms with Gasteiger partial charge < -0.3 is 15.4 Å². The molecular formula is C15H23ClN2O. The number of halogens is 1. The van der Waals surface area contributed by atoms with Crippen LogP contribution in [0.3, 0.4) is 0 Å². The van der Waals surface area contributed by atoms with Crippen molar-refractivity contribution >= 4 is 17.3 Å². The molecule has 1 saturated carbocycles. The van der Waals surface area contributed by atoms with Crippen molar-refractivity contribution < 1.29 is 4.74 Å². The van der Waals surface area contributed by atoms with Gasteiger partial charge in [-0.05, 0) is 49.4 Å². The minimum atomic E-state index is 0.629. The number of benzene rings is 1. The summed E-state index contributed by atoms with van der Waals surface area (Å²) in [6.45, 7) is 3.21. The molecule has 1 fully saturated rings. The maximum absolute atomic E-state index is 6.25. The van der Waals surface area contributed by atoms with E-state index in [-0.39, 0.29) is 0 Å². The molecule has 0 saturated heterocycles. The Morgan fingerprint density at radius 1 is 1.42 bits per heavy atom. The fraction of sp³-hybridized carbons (Fsp3) is 0.600. The highest BCUT2D eigenvalue weighted by atomic mass is 35.5. The Balaban J connectivity index is 1.80. The van der Waals surface area contributed by atoms with Gasteiger partial charge in [0.1, 0.15) is 0 Å². The molecule has 0 heterocycles. The Labute approximate surface area is 120 Å². The summed E-state index contributed by atoms with van der Waals surface area (Å²) in [6, 6.07) is 6.16. The summed E-state index contributed by atoms with van der Waals surface area (Å²) >= 11 is 6.25. The Hall–Kier alpha value is -0.770. The van der Waals surface area contributed by atoms with E-state index in [1.54, 1.807) is 0 Å². The molecule has 4 heteroatoms. The first-order chi connectivity index (χ1) is 9.20. The molecule has 0 atom stereocenters. The van der Waals surface area contributed by atoms with Gasteiger partial charge in [-0.2, -0.15) is 0 Å². The molecule has 1 aliphatic carbocycles. The van der Waals surface area contributed by atoms with E-state index in [0.29, 0.717) is 6.54 Å². The minimum absolute atomic E-state index is 0.629. The molecule has 1 aromatic carbocycles. The monoisotopic (exact) mass is 282 g/mol. The topological polar surface area (TPSA) is 38.5 Å². The van der Waals surface area contributed by atoms with Crippen LogP contribution in [0.1, 0.15) is 18.4 Å². The maximum atomic E-state index is 6.25. The van der Waals surface area contributed by atoms with Crippen molar-refractivity contribution in [1.82, 2.24) is 0 Å². The molecule has 0 radical (unpaired) electrons. The molecule has 2 N–H and O–H groups in total. The number of ether oxygens (including phenoxy) is 1. The van der Waals surface area contributed by atoms with Gasteiger partial charge in [0.15, 0.2) is 0 Å². The van der Waals surface area contributed by atoms with Gasteiger partial charge in [-0.15, -0.1) is 0 Å². The second-order valence-corrected chi connectivity index (χ2v) is 5.66. The van der Waals surface area contributed by atoms with E-state index in [9.17, 15) is 0 Å². The molecule has 1 aliphatic rings. The van der Waals surface area contributed by atoms with Crippen molar-refractivity contribution in [2.24, 2.45) is 11.7 Å². The molecule has 3 nitrogen and oxygen atoms in total. The third-order valence-corrected chi connectivity index (χ3v) is 3.86. The minimum Gasteiger partial charge on any atom is -0.379 e. The lowest BCUT2D eigenvalue weighted by Gasteiger charge is -2.20. The number of anilines is 1. The number of nitrogens with zero attached hydrogens (tertiary/aromatic N) is 1. The summed E-state index contributed by atoms with van der Waals surface area (Å²) in [6.07, 6.45) is 3.51. The van der Waals surface area contributed by atoms with Gasteiger partial charge in [0.05, 0.1) is 6.61 Å². The summed E-state index contributed by atoms with van der Waals surface area (Å²) in [7, 11) is 2.06. The molecule has 0 bridgehead atoms. The summed E-state index contributed by atoms with van der Waals surface area (Å²) in [5.41, 5.74) is 7.79. The van der Waals surface area contributed by atoms with Crippen molar-refractivity contribution in [2.45, 2.75) is 19.3 Å². The number of rotatable bonds is 8. The van der Waals surface area contributed by atoms with Gasteiger partial charge in [0, 0.05) is 30.9 Å². The zero-order valence-corrected chi connectivity index (χ0v) is 12.3. The first-order valence-electron chi connectivity index (χ1n) is 6.98. The quantitative estimate of drug-likeness (QED) is 0.745. The predicted octanol–water partition coefficient (Wildman–Crippen LogP) is 2.70. The maximum Gasteiger partial charge on any atom is 0.0641 e. The van der Waals surface area contributed by atoms with Crippen LogP contribution in [0.5, 0.6) is 0 Å². The van der Waals surface area contributed by atoms with E-state index >= 15 is 0 Å². The Kier molecular flexibility index (Phi) is 5.49. The highest BCUT2D eigenvalue weighted by Crippen LogP contribution is 2.28. The molecule has 0 amide bonds. The Bertz CT molecular complexity index is 407. The van der Waals surface area contributed by atoms with Crippen LogP contribution >= 0.6 is 11.6 Å². The van der Waals surface area contributed by atoms with Crippen LogP contribution in [-0.4, -0.2) is 33.4 Å². The van der Waals surface area contributed by atoms with E-state index < -0.39 is 0 Å². The lowest BCUT2D eigenvalue weighted by atomic mass is 10.1. The van der Waals surface area contributed by atoms with Gasteiger partial charge in [-0.1, -0.05) is 17.7 Å². The number of hydrogen-bond donors (Lipinski definition) is 1. The van der Waals surface area contributed by atoms with Crippen LogP contribution < -0.4 is 10.6 Å². The Morgan fingerprint density at radius 3 is 2.84 bits per heavy atom. The van der Waals surface area contributed by atoms with Crippen LogP contribution in [-0.2, 0) is 11.2 Å². The molecule has 2 rings (SSSR count). The summed E-state index contributed by atoms with van der Waals surface area (Å²) in [5, 5.41) is 0.800. The molecule has 1 aromatic rings. The third-order valence-electron chi connectivity index (χ3n) is 3.51. The number of nitrogens with two attached hydrogens (primary N) is 1. The van der Waals surface area contributed by atoms with Crippen molar-refractivity contribution in [3.8, 4) is 0 Å². The zero-order chi connectivity index (χ0) is 13.7. The second kappa shape index (κ2) is 7.13. The van der Waals surface area contributed by atoms with Crippen LogP contribution in [0.2, 0.25) is 5.02 Å². The normalized spacial score (nSPS) is 14.7. The van der Waals surface area contributed by atoms with Crippen molar-refractivity contribution in [3.63, 3.8) is 0 Å². The van der Waals surface area contributed by atoms with Crippen LogP contribution in [0, 0.1) is 5.92 Å². The highest BCUT2D eigenvalue weighted by Gasteiger charge is 2.20. The fourth-order valence-electron chi connectivity index (χ4n) is 2.00. The van der Waals surface area contributed by atoms with Crippen LogP contribution in [0.4, 0.5) is 5.69 Å². The van der Waals surface area contributed by atoms with E-state index in [1.165, 1.54) is 12.8 Å². The average Bonchev–Trinajstić information content (AvgIpc) is 3.21. The molecule has 0 aliphatic heterocycles. The predicted molar refractivity (Wildman–Crippen MR) is 81.0 cm³/mol. The second-order valence-electron chi connectivity index (χ2n) is 5.25. The molecular weight excluding hydrogens is 260 g/mol. The van der Waals surface area contributed by atoms with E-state index in [1.807, 2.05) is 6.07 Å². The lowest BCUT2D eigenvalue weighted by molar-refractivity contribution is 0.131. The number of likely N-dealkylation sites (N-methyl/N-ethyl adjacent to an activating group) is 1. The van der Waals surface area contributed by atoms with Gasteiger partial charge in [0.25, 0.3) is 0 Å². The fourth-order valence-corrected chi connectivity index (χ4v) is 2.27. The third kappa shape index (κ3) is 4.68. The molecule has 0 aromatic heterocycles. The highest BCUT2D eigenvalue weighted by molar-refractivity contribution is 6.31. The van der Waals surface area contributed by atoms with Crippen molar-refractivity contribution in [3.05, 3.63) is 28.8 Å². The van der Waals surface area contributed by atoms with Gasteiger partial charge in [-0.3, -0.25) is 0 Å². The van der Waals surface area contributed by atoms with Gasteiger partial charge in [0.2, 0.25) is 0 Å². The Morgan fingerprint density at radius 2 is 2.21 bits per heavy atom. The van der Waals surface area contributed by atoms with Crippen molar-refractivity contribution in [2.75, 3.05) is 38.3 Å². The smallest absolute Gasteiger partial charge is 0.0641 e. The van der Waals surface area contributed by atoms with E-state index in [2.05, 4.69) is 24.1 Å². The van der Waals surface area contributed by atoms with Crippen LogP contribution in [0.15, 0.2) is 18.2 Å². The van der Waals surface area contributed by atoms with E-state index in [4.69, 9.17) is 22.1 Å². The largest absolute Gasteiger partial charge is 0.379 e. The standard InChI is InChI=1S/C15H23ClN2O/c1-18(8-9-19-11-12-2-3-12)14-5-4-13(6-7-17)15(16)10-14/h4-5,10,12H,2-3,6-9,11,17H2,1H3. The average molecular weight is 283 g/mol. The molecule has 0 spiro atoms. The first-order valence-corrected chi connectivity index (χ1v) is 7.36. The zero-order valence-electron chi connectivity index (χ0n) is 11.6. The first kappa shape index (κ1) is 14.6. The molecule has 106 valence electrons. The summed E-state index contributed by atoms with van der Waals surface area (Å²) in [5.74, 6) is 0.829. The number of hydrogen-bond acceptors (Lipinski definition) is 3. The van der Waals surface area contributed by atoms with E-state index in [0.717, 1.165) is 48.4 Å².